The lowest BCUT2D eigenvalue weighted by Gasteiger charge is -2.22. The number of rotatable bonds is 11. The first kappa shape index (κ1) is 25.9. The zero-order valence-electron chi connectivity index (χ0n) is 19.2. The van der Waals surface area contributed by atoms with Crippen molar-refractivity contribution >= 4 is 45.0 Å². The number of aromatic nitrogens is 1. The number of thiazole rings is 1. The van der Waals surface area contributed by atoms with E-state index in [1.54, 1.807) is 4.90 Å². The highest BCUT2D eigenvalue weighted by Gasteiger charge is 2.21. The van der Waals surface area contributed by atoms with Crippen molar-refractivity contribution in [3.8, 4) is 11.5 Å². The molecule has 6 nitrogen and oxygen atoms in total. The smallest absolute Gasteiger partial charge is 0.260 e. The highest BCUT2D eigenvalue weighted by molar-refractivity contribution is 7.22. The Hall–Kier alpha value is -2.35. The fourth-order valence-corrected chi connectivity index (χ4v) is 4.05. The van der Waals surface area contributed by atoms with E-state index < -0.39 is 0 Å². The number of hydrogen-bond donors (Lipinski definition) is 0. The molecule has 3 rings (SSSR count). The molecule has 0 aliphatic rings. The van der Waals surface area contributed by atoms with Gasteiger partial charge in [-0.3, -0.25) is 9.69 Å². The van der Waals surface area contributed by atoms with Crippen LogP contribution < -0.4 is 14.4 Å². The maximum absolute atomic E-state index is 13.4. The van der Waals surface area contributed by atoms with Crippen molar-refractivity contribution in [2.75, 3.05) is 45.3 Å². The van der Waals surface area contributed by atoms with Crippen LogP contribution in [-0.2, 0) is 0 Å². The third kappa shape index (κ3) is 6.82. The molecule has 32 heavy (non-hydrogen) atoms. The van der Waals surface area contributed by atoms with Gasteiger partial charge in [-0.25, -0.2) is 4.98 Å². The van der Waals surface area contributed by atoms with Crippen molar-refractivity contribution in [3.05, 3.63) is 48.0 Å². The summed E-state index contributed by atoms with van der Waals surface area (Å²) in [6.45, 7) is 6.69. The van der Waals surface area contributed by atoms with Gasteiger partial charge in [-0.15, -0.1) is 12.4 Å². The molecule has 0 bridgehead atoms. The first-order valence-electron chi connectivity index (χ1n) is 10.7. The summed E-state index contributed by atoms with van der Waals surface area (Å²) < 4.78 is 12.3. The second-order valence-corrected chi connectivity index (χ2v) is 8.55. The lowest BCUT2D eigenvalue weighted by Crippen LogP contribution is -2.36. The summed E-state index contributed by atoms with van der Waals surface area (Å²) in [7, 11) is 4.00. The number of carbonyl (C=O) groups is 1. The fourth-order valence-electron chi connectivity index (χ4n) is 3.03. The molecule has 0 unspecified atom stereocenters. The molecule has 0 radical (unpaired) electrons. The molecule has 0 saturated carbocycles. The van der Waals surface area contributed by atoms with E-state index in [1.165, 1.54) is 11.3 Å². The Morgan fingerprint density at radius 3 is 2.38 bits per heavy atom. The number of carbonyl (C=O) groups excluding carboxylic acids is 1. The standard InChI is InChI=1S/C24H31N3O3S.ClH/c1-5-7-16-30-19-10-8-18(9-11-19)23(28)27(15-14-26(3)4)24-25-21-13-12-20(29-6-2)17-22(21)31-24;/h8-13,17H,5-7,14-16H2,1-4H3;1H. The number of unbranched alkanes of at least 4 members (excludes halogenated alkanes) is 1. The minimum atomic E-state index is -0.0638. The van der Waals surface area contributed by atoms with Crippen molar-refractivity contribution in [2.45, 2.75) is 26.7 Å². The monoisotopic (exact) mass is 477 g/mol. The first-order valence-corrected chi connectivity index (χ1v) is 11.6. The molecule has 3 aromatic rings. The van der Waals surface area contributed by atoms with Crippen LogP contribution in [0.2, 0.25) is 0 Å². The Kier molecular flexibility index (Phi) is 10.2. The van der Waals surface area contributed by atoms with Crippen LogP contribution in [0.1, 0.15) is 37.0 Å². The number of halogens is 1. The number of hydrogen-bond acceptors (Lipinski definition) is 6. The Labute approximate surface area is 200 Å². The van der Waals surface area contributed by atoms with Gasteiger partial charge in [0.15, 0.2) is 5.13 Å². The molecule has 0 aliphatic heterocycles. The summed E-state index contributed by atoms with van der Waals surface area (Å²) in [4.78, 5) is 21.9. The second kappa shape index (κ2) is 12.6. The summed E-state index contributed by atoms with van der Waals surface area (Å²) in [5.41, 5.74) is 1.49. The summed E-state index contributed by atoms with van der Waals surface area (Å²) in [5.74, 6) is 1.54. The minimum Gasteiger partial charge on any atom is -0.494 e. The molecule has 174 valence electrons. The number of likely N-dealkylation sites (N-methyl/N-ethyl adjacent to an activating group) is 1. The van der Waals surface area contributed by atoms with E-state index in [0.29, 0.717) is 30.5 Å². The van der Waals surface area contributed by atoms with Crippen molar-refractivity contribution < 1.29 is 14.3 Å². The Bertz CT molecular complexity index is 992. The van der Waals surface area contributed by atoms with Gasteiger partial charge in [0.05, 0.1) is 23.4 Å². The molecule has 0 fully saturated rings. The van der Waals surface area contributed by atoms with Crippen LogP contribution in [0, 0.1) is 0 Å². The largest absolute Gasteiger partial charge is 0.494 e. The van der Waals surface area contributed by atoms with Crippen LogP contribution in [-0.4, -0.2) is 56.2 Å². The van der Waals surface area contributed by atoms with Crippen LogP contribution in [0.4, 0.5) is 5.13 Å². The molecule has 0 atom stereocenters. The van der Waals surface area contributed by atoms with Gasteiger partial charge in [-0.05, 0) is 69.9 Å². The Balaban J connectivity index is 0.00000363. The van der Waals surface area contributed by atoms with Crippen molar-refractivity contribution in [1.82, 2.24) is 9.88 Å². The Morgan fingerprint density at radius 2 is 1.72 bits per heavy atom. The topological polar surface area (TPSA) is 54.9 Å². The average Bonchev–Trinajstić information content (AvgIpc) is 3.17. The van der Waals surface area contributed by atoms with Crippen LogP contribution in [0.5, 0.6) is 11.5 Å². The third-order valence-electron chi connectivity index (χ3n) is 4.77. The third-order valence-corrected chi connectivity index (χ3v) is 5.82. The van der Waals surface area contributed by atoms with Gasteiger partial charge in [0, 0.05) is 18.7 Å². The lowest BCUT2D eigenvalue weighted by atomic mass is 10.2. The molecule has 1 heterocycles. The molecular formula is C24H32ClN3O3S. The summed E-state index contributed by atoms with van der Waals surface area (Å²) in [6, 6.07) is 13.2. The van der Waals surface area contributed by atoms with E-state index in [2.05, 4.69) is 11.8 Å². The molecule has 1 aromatic heterocycles. The van der Waals surface area contributed by atoms with Gasteiger partial charge in [-0.1, -0.05) is 24.7 Å². The number of nitrogens with zero attached hydrogens (tertiary/aromatic N) is 3. The van der Waals surface area contributed by atoms with Gasteiger partial charge in [0.1, 0.15) is 11.5 Å². The van der Waals surface area contributed by atoms with Crippen LogP contribution in [0.25, 0.3) is 10.2 Å². The number of fused-ring (bicyclic) bond motifs is 1. The maximum atomic E-state index is 13.4. The number of amides is 1. The lowest BCUT2D eigenvalue weighted by molar-refractivity contribution is 0.0985. The predicted octanol–water partition coefficient (Wildman–Crippen LogP) is 5.50. The SMILES string of the molecule is CCCCOc1ccc(C(=O)N(CCN(C)C)c2nc3ccc(OCC)cc3s2)cc1.Cl. The highest BCUT2D eigenvalue weighted by atomic mass is 35.5. The molecule has 0 N–H and O–H groups in total. The van der Waals surface area contributed by atoms with Gasteiger partial charge in [0.25, 0.3) is 5.91 Å². The minimum absolute atomic E-state index is 0. The zero-order chi connectivity index (χ0) is 22.2. The molecule has 0 saturated heterocycles. The number of ether oxygens (including phenoxy) is 2. The zero-order valence-corrected chi connectivity index (χ0v) is 20.8. The fraction of sp³-hybridized carbons (Fsp3) is 0.417. The predicted molar refractivity (Wildman–Crippen MR) is 135 cm³/mol. The molecule has 1 amide bonds. The molecule has 2 aromatic carbocycles. The van der Waals surface area contributed by atoms with Crippen molar-refractivity contribution in [1.29, 1.82) is 0 Å². The van der Waals surface area contributed by atoms with E-state index in [-0.39, 0.29) is 18.3 Å². The molecule has 0 spiro atoms. The van der Waals surface area contributed by atoms with Crippen LogP contribution in [0.15, 0.2) is 42.5 Å². The molecule has 8 heteroatoms. The van der Waals surface area contributed by atoms with Gasteiger partial charge >= 0.3 is 0 Å². The maximum Gasteiger partial charge on any atom is 0.260 e. The van der Waals surface area contributed by atoms with Crippen LogP contribution in [0.3, 0.4) is 0 Å². The quantitative estimate of drug-likeness (QED) is 0.341. The van der Waals surface area contributed by atoms with Crippen molar-refractivity contribution in [3.63, 3.8) is 0 Å². The van der Waals surface area contributed by atoms with Gasteiger partial charge in [-0.2, -0.15) is 0 Å². The van der Waals surface area contributed by atoms with E-state index in [4.69, 9.17) is 14.5 Å². The number of anilines is 1. The van der Waals surface area contributed by atoms with Crippen molar-refractivity contribution in [2.24, 2.45) is 0 Å². The van der Waals surface area contributed by atoms with Crippen LogP contribution >= 0.6 is 23.7 Å². The van der Waals surface area contributed by atoms with E-state index in [0.717, 1.165) is 41.1 Å². The summed E-state index contributed by atoms with van der Waals surface area (Å²) >= 11 is 1.51. The molecule has 0 aliphatic carbocycles. The van der Waals surface area contributed by atoms with Gasteiger partial charge in [0.2, 0.25) is 0 Å². The Morgan fingerprint density at radius 1 is 1.00 bits per heavy atom. The average molecular weight is 478 g/mol. The highest BCUT2D eigenvalue weighted by Crippen LogP contribution is 2.32. The van der Waals surface area contributed by atoms with E-state index in [9.17, 15) is 4.79 Å². The normalized spacial score (nSPS) is 10.8. The first-order chi connectivity index (χ1) is 15.0. The van der Waals surface area contributed by atoms with E-state index in [1.807, 2.05) is 63.5 Å². The number of benzene rings is 2. The summed E-state index contributed by atoms with van der Waals surface area (Å²) in [5, 5.41) is 0.693. The molecular weight excluding hydrogens is 446 g/mol. The second-order valence-electron chi connectivity index (χ2n) is 7.55. The van der Waals surface area contributed by atoms with E-state index >= 15 is 0 Å². The van der Waals surface area contributed by atoms with Gasteiger partial charge < -0.3 is 14.4 Å². The summed E-state index contributed by atoms with van der Waals surface area (Å²) in [6.07, 6.45) is 2.10.